The zero-order chi connectivity index (χ0) is 18.1. The second-order valence-electron chi connectivity index (χ2n) is 5.73. The summed E-state index contributed by atoms with van der Waals surface area (Å²) in [5.41, 5.74) is 1.38. The average molecular weight is 363 g/mol. The molecule has 1 atom stereocenters. The number of ether oxygens (including phenoxy) is 1. The van der Waals surface area contributed by atoms with Crippen LogP contribution in [-0.4, -0.2) is 39.8 Å². The normalized spacial score (nSPS) is 14.0. The van der Waals surface area contributed by atoms with Crippen LogP contribution in [0.4, 0.5) is 5.00 Å². The molecule has 1 aliphatic carbocycles. The molecule has 0 spiro atoms. The molecule has 1 unspecified atom stereocenters. The molecule has 0 saturated carbocycles. The van der Waals surface area contributed by atoms with Gasteiger partial charge < -0.3 is 15.2 Å². The number of fused-ring (bicyclic) bond motifs is 1. The van der Waals surface area contributed by atoms with E-state index < -0.39 is 18.0 Å². The third kappa shape index (κ3) is 3.14. The van der Waals surface area contributed by atoms with Crippen LogP contribution in [0.15, 0.2) is 12.4 Å². The van der Waals surface area contributed by atoms with Crippen LogP contribution in [0.2, 0.25) is 0 Å². The lowest BCUT2D eigenvalue weighted by Gasteiger charge is -2.13. The van der Waals surface area contributed by atoms with Crippen molar-refractivity contribution in [2.75, 3.05) is 12.4 Å². The Morgan fingerprint density at radius 2 is 2.16 bits per heavy atom. The maximum atomic E-state index is 12.5. The predicted octanol–water partition coefficient (Wildman–Crippen LogP) is 2.12. The Bertz CT molecular complexity index is 854. The first-order valence-corrected chi connectivity index (χ1v) is 8.55. The minimum atomic E-state index is -1.11. The summed E-state index contributed by atoms with van der Waals surface area (Å²) in [7, 11) is 1.31. The van der Waals surface area contributed by atoms with Gasteiger partial charge in [0.05, 0.1) is 24.4 Å². The van der Waals surface area contributed by atoms with Gasteiger partial charge in [0.15, 0.2) is 0 Å². The van der Waals surface area contributed by atoms with Crippen LogP contribution in [0.1, 0.15) is 50.5 Å². The summed E-state index contributed by atoms with van der Waals surface area (Å²) in [4.78, 5) is 36.6. The number of thiophene rings is 1. The van der Waals surface area contributed by atoms with Crippen molar-refractivity contribution in [3.8, 4) is 0 Å². The Morgan fingerprint density at radius 1 is 1.40 bits per heavy atom. The van der Waals surface area contributed by atoms with Crippen molar-refractivity contribution in [1.82, 2.24) is 9.78 Å². The Balaban J connectivity index is 1.83. The fourth-order valence-corrected chi connectivity index (χ4v) is 4.09. The summed E-state index contributed by atoms with van der Waals surface area (Å²) in [5.74, 6) is -1.96. The second-order valence-corrected chi connectivity index (χ2v) is 6.84. The van der Waals surface area contributed by atoms with Crippen LogP contribution in [0.25, 0.3) is 0 Å². The van der Waals surface area contributed by atoms with Crippen LogP contribution in [0.3, 0.4) is 0 Å². The number of carbonyl (C=O) groups excluding carboxylic acids is 2. The number of anilines is 1. The number of nitrogens with zero attached hydrogens (tertiary/aromatic N) is 2. The smallest absolute Gasteiger partial charge is 0.341 e. The number of aromatic carboxylic acids is 1. The molecule has 132 valence electrons. The first-order valence-electron chi connectivity index (χ1n) is 7.73. The van der Waals surface area contributed by atoms with Crippen molar-refractivity contribution in [3.63, 3.8) is 0 Å². The Hall–Kier alpha value is -2.68. The fourth-order valence-electron chi connectivity index (χ4n) is 2.81. The van der Waals surface area contributed by atoms with Crippen molar-refractivity contribution in [2.45, 2.75) is 32.2 Å². The topological polar surface area (TPSA) is 111 Å². The van der Waals surface area contributed by atoms with Gasteiger partial charge in [-0.15, -0.1) is 11.3 Å². The molecule has 0 aromatic carbocycles. The number of aromatic nitrogens is 2. The van der Waals surface area contributed by atoms with Gasteiger partial charge in [-0.3, -0.25) is 9.48 Å². The molecule has 0 fully saturated rings. The molecular weight excluding hydrogens is 346 g/mol. The summed E-state index contributed by atoms with van der Waals surface area (Å²) in [6.07, 6.45) is 5.15. The lowest BCUT2D eigenvalue weighted by Crippen LogP contribution is -2.24. The minimum absolute atomic E-state index is 0.00463. The number of carboxylic acid groups (broad SMARTS) is 1. The van der Waals surface area contributed by atoms with Crippen molar-refractivity contribution < 1.29 is 24.2 Å². The van der Waals surface area contributed by atoms with E-state index in [0.29, 0.717) is 10.6 Å². The van der Waals surface area contributed by atoms with Crippen molar-refractivity contribution in [1.29, 1.82) is 0 Å². The SMILES string of the molecule is COC(=O)c1c(NC(=O)C(C)n2cc(C(=O)O)cn2)sc2c1CCC2. The van der Waals surface area contributed by atoms with Gasteiger partial charge in [0.1, 0.15) is 11.0 Å². The first kappa shape index (κ1) is 17.2. The fraction of sp³-hybridized carbons (Fsp3) is 0.375. The van der Waals surface area contributed by atoms with E-state index in [9.17, 15) is 14.4 Å². The van der Waals surface area contributed by atoms with E-state index in [4.69, 9.17) is 9.84 Å². The van der Waals surface area contributed by atoms with Gasteiger partial charge in [0.2, 0.25) is 5.91 Å². The number of amides is 1. The highest BCUT2D eigenvalue weighted by Crippen LogP contribution is 2.39. The number of hydrogen-bond donors (Lipinski definition) is 2. The monoisotopic (exact) mass is 363 g/mol. The highest BCUT2D eigenvalue weighted by molar-refractivity contribution is 7.17. The molecule has 9 heteroatoms. The maximum Gasteiger partial charge on any atom is 0.341 e. The Kier molecular flexibility index (Phi) is 4.58. The van der Waals surface area contributed by atoms with E-state index in [0.717, 1.165) is 29.7 Å². The van der Waals surface area contributed by atoms with Crippen LogP contribution in [-0.2, 0) is 22.4 Å². The summed E-state index contributed by atoms with van der Waals surface area (Å²) in [6, 6.07) is -0.726. The number of rotatable bonds is 5. The van der Waals surface area contributed by atoms with E-state index >= 15 is 0 Å². The van der Waals surface area contributed by atoms with Gasteiger partial charge >= 0.3 is 11.9 Å². The molecule has 1 aliphatic rings. The van der Waals surface area contributed by atoms with Gasteiger partial charge in [0, 0.05) is 11.1 Å². The Labute approximate surface area is 147 Å². The van der Waals surface area contributed by atoms with Crippen LogP contribution in [0.5, 0.6) is 0 Å². The third-order valence-electron chi connectivity index (χ3n) is 4.17. The number of aryl methyl sites for hydroxylation is 1. The van der Waals surface area contributed by atoms with Crippen LogP contribution < -0.4 is 5.32 Å². The predicted molar refractivity (Wildman–Crippen MR) is 90.2 cm³/mol. The van der Waals surface area contributed by atoms with E-state index in [-0.39, 0.29) is 11.5 Å². The van der Waals surface area contributed by atoms with Gasteiger partial charge in [-0.2, -0.15) is 5.10 Å². The first-order chi connectivity index (χ1) is 11.9. The largest absolute Gasteiger partial charge is 0.478 e. The number of esters is 1. The van der Waals surface area contributed by atoms with E-state index in [1.54, 1.807) is 6.92 Å². The van der Waals surface area contributed by atoms with Crippen LogP contribution >= 0.6 is 11.3 Å². The molecule has 8 nitrogen and oxygen atoms in total. The number of methoxy groups -OCH3 is 1. The van der Waals surface area contributed by atoms with Crippen molar-refractivity contribution in [3.05, 3.63) is 34.0 Å². The Morgan fingerprint density at radius 3 is 2.80 bits per heavy atom. The average Bonchev–Trinajstić information content (AvgIpc) is 3.28. The quantitative estimate of drug-likeness (QED) is 0.787. The number of carbonyl (C=O) groups is 3. The maximum absolute atomic E-state index is 12.5. The van der Waals surface area contributed by atoms with Gasteiger partial charge in [0.25, 0.3) is 0 Å². The third-order valence-corrected chi connectivity index (χ3v) is 5.38. The molecule has 3 rings (SSSR count). The summed E-state index contributed by atoms with van der Waals surface area (Å²) in [6.45, 7) is 1.60. The summed E-state index contributed by atoms with van der Waals surface area (Å²) in [5, 5.41) is 16.1. The highest BCUT2D eigenvalue weighted by atomic mass is 32.1. The molecule has 0 radical (unpaired) electrons. The lowest BCUT2D eigenvalue weighted by molar-refractivity contribution is -0.119. The van der Waals surface area contributed by atoms with Crippen molar-refractivity contribution in [2.24, 2.45) is 0 Å². The number of hydrogen-bond acceptors (Lipinski definition) is 6. The van der Waals surface area contributed by atoms with Gasteiger partial charge in [-0.1, -0.05) is 0 Å². The van der Waals surface area contributed by atoms with Gasteiger partial charge in [-0.25, -0.2) is 9.59 Å². The minimum Gasteiger partial charge on any atom is -0.478 e. The van der Waals surface area contributed by atoms with E-state index in [1.165, 1.54) is 35.5 Å². The van der Waals surface area contributed by atoms with E-state index in [2.05, 4.69) is 10.4 Å². The molecular formula is C16H17N3O5S. The zero-order valence-corrected chi connectivity index (χ0v) is 14.6. The molecule has 0 bridgehead atoms. The molecule has 2 N–H and O–H groups in total. The lowest BCUT2D eigenvalue weighted by atomic mass is 10.1. The standard InChI is InChI=1S/C16H17N3O5S/c1-8(19-7-9(6-17-19)15(21)22)13(20)18-14-12(16(23)24-2)10-4-3-5-11(10)25-14/h6-8H,3-5H2,1-2H3,(H,18,20)(H,21,22). The van der Waals surface area contributed by atoms with Crippen molar-refractivity contribution >= 4 is 34.2 Å². The highest BCUT2D eigenvalue weighted by Gasteiger charge is 2.29. The molecule has 0 aliphatic heterocycles. The van der Waals surface area contributed by atoms with Gasteiger partial charge in [-0.05, 0) is 31.7 Å². The van der Waals surface area contributed by atoms with E-state index in [1.807, 2.05) is 0 Å². The molecule has 25 heavy (non-hydrogen) atoms. The molecule has 2 heterocycles. The zero-order valence-electron chi connectivity index (χ0n) is 13.7. The molecule has 0 saturated heterocycles. The molecule has 2 aromatic heterocycles. The summed E-state index contributed by atoms with van der Waals surface area (Å²) >= 11 is 1.39. The molecule has 1 amide bonds. The summed E-state index contributed by atoms with van der Waals surface area (Å²) < 4.78 is 6.13. The second kappa shape index (κ2) is 6.67. The van der Waals surface area contributed by atoms with Crippen LogP contribution in [0, 0.1) is 0 Å². The number of nitrogens with one attached hydrogen (secondary N) is 1. The number of carboxylic acids is 1. The molecule has 2 aromatic rings.